The van der Waals surface area contributed by atoms with Crippen LogP contribution in [-0.2, 0) is 13.0 Å². The van der Waals surface area contributed by atoms with Crippen molar-refractivity contribution in [1.82, 2.24) is 9.88 Å². The Labute approximate surface area is 233 Å². The summed E-state index contributed by atoms with van der Waals surface area (Å²) in [6.07, 6.45) is 12.4. The molecule has 0 unspecified atom stereocenters. The number of unbranched alkanes of at least 4 members (excludes halogenated alkanes) is 3. The van der Waals surface area contributed by atoms with E-state index < -0.39 is 0 Å². The SMILES string of the molecule is Cl.Cl.Nc1c2c(nc3ccccc13)CC/C(=C\CCCCCC1CCN(Cc3ccccc3)CC1)C2=O. The molecule has 0 bridgehead atoms. The Morgan fingerprint density at radius 3 is 2.43 bits per heavy atom. The topological polar surface area (TPSA) is 59.2 Å². The number of Topliss-reactive ketones (excluding diaryl/α,β-unsaturated/α-hetero) is 1. The van der Waals surface area contributed by atoms with Crippen LogP contribution in [0.3, 0.4) is 0 Å². The van der Waals surface area contributed by atoms with Gasteiger partial charge in [0.05, 0.1) is 22.5 Å². The van der Waals surface area contributed by atoms with E-state index in [9.17, 15) is 4.79 Å². The standard InChI is InChI=1S/C31H37N3O.2ClH/c32-30-26-14-8-9-15-27(26)33-28-17-16-25(31(35)29(28)30)13-7-2-1-4-10-23-18-20-34(21-19-23)22-24-11-5-3-6-12-24;;/h3,5-6,8-9,11-15,23H,1-2,4,7,10,16-22H2,(H2,32,33);2*1H/b25-13+;;. The largest absolute Gasteiger partial charge is 0.398 e. The Bertz CT molecular complexity index is 1200. The molecule has 2 aromatic carbocycles. The number of nitrogen functional groups attached to an aromatic ring is 1. The van der Waals surface area contributed by atoms with Crippen LogP contribution in [0.2, 0.25) is 0 Å². The fraction of sp³-hybridized carbons (Fsp3) is 0.419. The van der Waals surface area contributed by atoms with Crippen LogP contribution in [0.25, 0.3) is 10.9 Å². The second kappa shape index (κ2) is 13.9. The number of nitrogens with two attached hydrogens (primary N) is 1. The van der Waals surface area contributed by atoms with Crippen LogP contribution in [0.15, 0.2) is 66.2 Å². The van der Waals surface area contributed by atoms with E-state index in [0.29, 0.717) is 11.3 Å². The summed E-state index contributed by atoms with van der Waals surface area (Å²) in [5.74, 6) is 0.964. The van der Waals surface area contributed by atoms with Crippen molar-refractivity contribution in [3.63, 3.8) is 0 Å². The summed E-state index contributed by atoms with van der Waals surface area (Å²) in [4.78, 5) is 20.5. The van der Waals surface area contributed by atoms with Gasteiger partial charge >= 0.3 is 0 Å². The molecule has 1 aliphatic carbocycles. The summed E-state index contributed by atoms with van der Waals surface area (Å²) in [6, 6.07) is 18.7. The molecule has 0 spiro atoms. The molecule has 2 heterocycles. The van der Waals surface area contributed by atoms with E-state index >= 15 is 0 Å². The lowest BCUT2D eigenvalue weighted by Gasteiger charge is -2.32. The Kier molecular flexibility index (Phi) is 11.0. The van der Waals surface area contributed by atoms with Gasteiger partial charge in [0.1, 0.15) is 0 Å². The molecule has 3 aromatic rings. The number of aromatic nitrogens is 1. The number of fused-ring (bicyclic) bond motifs is 2. The zero-order valence-electron chi connectivity index (χ0n) is 21.5. The minimum Gasteiger partial charge on any atom is -0.398 e. The lowest BCUT2D eigenvalue weighted by atomic mass is 9.87. The molecule has 0 saturated carbocycles. The number of likely N-dealkylation sites (tertiary alicyclic amines) is 1. The molecule has 37 heavy (non-hydrogen) atoms. The van der Waals surface area contributed by atoms with Crippen LogP contribution >= 0.6 is 24.8 Å². The van der Waals surface area contributed by atoms with E-state index in [2.05, 4.69) is 41.3 Å². The molecule has 2 aliphatic rings. The Morgan fingerprint density at radius 1 is 0.919 bits per heavy atom. The zero-order valence-corrected chi connectivity index (χ0v) is 23.2. The third-order valence-electron chi connectivity index (χ3n) is 7.82. The maximum atomic E-state index is 13.2. The number of pyridine rings is 1. The van der Waals surface area contributed by atoms with Gasteiger partial charge in [0, 0.05) is 11.9 Å². The first kappa shape index (κ1) is 29.2. The van der Waals surface area contributed by atoms with Crippen molar-refractivity contribution >= 4 is 47.2 Å². The van der Waals surface area contributed by atoms with Crippen molar-refractivity contribution in [3.8, 4) is 0 Å². The number of benzene rings is 2. The number of halogens is 2. The highest BCUT2D eigenvalue weighted by Crippen LogP contribution is 2.33. The highest BCUT2D eigenvalue weighted by molar-refractivity contribution is 6.16. The number of nitrogens with zero attached hydrogens (tertiary/aromatic N) is 2. The van der Waals surface area contributed by atoms with Gasteiger partial charge in [-0.3, -0.25) is 14.7 Å². The van der Waals surface area contributed by atoms with E-state index in [1.807, 2.05) is 24.3 Å². The Balaban J connectivity index is 0.00000190. The number of piperidine rings is 1. The third-order valence-corrected chi connectivity index (χ3v) is 7.82. The van der Waals surface area contributed by atoms with Gasteiger partial charge in [-0.1, -0.05) is 73.9 Å². The van der Waals surface area contributed by atoms with Gasteiger partial charge in [-0.25, -0.2) is 0 Å². The van der Waals surface area contributed by atoms with Crippen molar-refractivity contribution in [2.75, 3.05) is 18.8 Å². The molecule has 6 heteroatoms. The van der Waals surface area contributed by atoms with Gasteiger partial charge in [-0.05, 0) is 74.7 Å². The van der Waals surface area contributed by atoms with Crippen molar-refractivity contribution in [2.24, 2.45) is 5.92 Å². The summed E-state index contributed by atoms with van der Waals surface area (Å²) < 4.78 is 0. The Hall–Kier alpha value is -2.40. The number of para-hydroxylation sites is 1. The van der Waals surface area contributed by atoms with E-state index in [1.54, 1.807) is 0 Å². The first-order chi connectivity index (χ1) is 17.2. The molecular weight excluding hydrogens is 501 g/mol. The molecule has 1 aromatic heterocycles. The van der Waals surface area contributed by atoms with Crippen molar-refractivity contribution in [3.05, 3.63) is 83.1 Å². The highest BCUT2D eigenvalue weighted by atomic mass is 35.5. The van der Waals surface area contributed by atoms with Crippen molar-refractivity contribution in [2.45, 2.75) is 64.3 Å². The van der Waals surface area contributed by atoms with Crippen LogP contribution in [-0.4, -0.2) is 28.8 Å². The first-order valence-electron chi connectivity index (χ1n) is 13.4. The molecule has 0 radical (unpaired) electrons. The van der Waals surface area contributed by atoms with Crippen LogP contribution in [0, 0.1) is 5.92 Å². The van der Waals surface area contributed by atoms with Gasteiger partial charge in [0.15, 0.2) is 5.78 Å². The van der Waals surface area contributed by atoms with E-state index in [4.69, 9.17) is 10.7 Å². The van der Waals surface area contributed by atoms with Gasteiger partial charge < -0.3 is 5.73 Å². The number of hydrogen-bond donors (Lipinski definition) is 1. The molecule has 198 valence electrons. The normalized spacial score (nSPS) is 17.3. The highest BCUT2D eigenvalue weighted by Gasteiger charge is 2.26. The summed E-state index contributed by atoms with van der Waals surface area (Å²) in [5, 5.41) is 0.881. The van der Waals surface area contributed by atoms with Crippen molar-refractivity contribution < 1.29 is 4.79 Å². The van der Waals surface area contributed by atoms with Crippen LogP contribution in [0.4, 0.5) is 5.69 Å². The quantitative estimate of drug-likeness (QED) is 0.236. The molecule has 4 nitrogen and oxygen atoms in total. The third kappa shape index (κ3) is 7.13. The predicted octanol–water partition coefficient (Wildman–Crippen LogP) is 7.58. The lowest BCUT2D eigenvalue weighted by molar-refractivity contribution is 0.102. The predicted molar refractivity (Wildman–Crippen MR) is 159 cm³/mol. The molecule has 0 amide bonds. The van der Waals surface area contributed by atoms with Gasteiger partial charge in [-0.15, -0.1) is 24.8 Å². The zero-order chi connectivity index (χ0) is 24.0. The van der Waals surface area contributed by atoms with E-state index in [0.717, 1.165) is 60.3 Å². The maximum Gasteiger partial charge on any atom is 0.192 e. The maximum absolute atomic E-state index is 13.2. The number of hydrogen-bond acceptors (Lipinski definition) is 4. The molecule has 0 atom stereocenters. The van der Waals surface area contributed by atoms with Gasteiger partial charge in [-0.2, -0.15) is 0 Å². The second-order valence-electron chi connectivity index (χ2n) is 10.3. The minimum atomic E-state index is 0. The number of allylic oxidation sites excluding steroid dienone is 2. The van der Waals surface area contributed by atoms with Gasteiger partial charge in [0.2, 0.25) is 0 Å². The van der Waals surface area contributed by atoms with Crippen molar-refractivity contribution in [1.29, 1.82) is 0 Å². The molecule has 1 fully saturated rings. The fourth-order valence-corrected chi connectivity index (χ4v) is 5.75. The molecule has 1 saturated heterocycles. The molecule has 5 rings (SSSR count). The number of ketones is 1. The smallest absolute Gasteiger partial charge is 0.192 e. The number of aryl methyl sites for hydroxylation is 1. The molecule has 1 aliphatic heterocycles. The summed E-state index contributed by atoms with van der Waals surface area (Å²) in [6.45, 7) is 3.54. The van der Waals surface area contributed by atoms with E-state index in [1.165, 1.54) is 50.8 Å². The second-order valence-corrected chi connectivity index (χ2v) is 10.3. The molecule has 2 N–H and O–H groups in total. The van der Waals surface area contributed by atoms with Crippen LogP contribution in [0.5, 0.6) is 0 Å². The average molecular weight is 541 g/mol. The van der Waals surface area contributed by atoms with Crippen LogP contribution in [0.1, 0.15) is 73.0 Å². The summed E-state index contributed by atoms with van der Waals surface area (Å²) in [5.41, 5.74) is 11.7. The minimum absolute atomic E-state index is 0. The number of rotatable bonds is 8. The van der Waals surface area contributed by atoms with Gasteiger partial charge in [0.25, 0.3) is 0 Å². The summed E-state index contributed by atoms with van der Waals surface area (Å²) in [7, 11) is 0. The summed E-state index contributed by atoms with van der Waals surface area (Å²) >= 11 is 0. The Morgan fingerprint density at radius 2 is 1.65 bits per heavy atom. The lowest BCUT2D eigenvalue weighted by Crippen LogP contribution is -2.33. The first-order valence-corrected chi connectivity index (χ1v) is 13.4. The van der Waals surface area contributed by atoms with E-state index in [-0.39, 0.29) is 30.6 Å². The monoisotopic (exact) mass is 539 g/mol. The number of anilines is 1. The average Bonchev–Trinajstić information content (AvgIpc) is 2.89. The fourth-order valence-electron chi connectivity index (χ4n) is 5.75. The number of carbonyl (C=O) groups excluding carboxylic acids is 1. The van der Waals surface area contributed by atoms with Crippen LogP contribution < -0.4 is 5.73 Å². The number of carbonyl (C=O) groups is 1. The molecular formula is C31H39Cl2N3O.